The van der Waals surface area contributed by atoms with Gasteiger partial charge in [0, 0.05) is 41.8 Å². The Morgan fingerprint density at radius 2 is 1.79 bits per heavy atom. The maximum absolute atomic E-state index is 12.5. The maximum Gasteiger partial charge on any atom is 0.253 e. The quantitative estimate of drug-likeness (QED) is 0.719. The molecule has 1 fully saturated rings. The molecular formula is C23H23N3O3. The second kappa shape index (κ2) is 7.54. The van der Waals surface area contributed by atoms with Crippen LogP contribution in [-0.2, 0) is 11.3 Å². The molecule has 148 valence electrons. The number of hydrogen-bond donors (Lipinski definition) is 2. The lowest BCUT2D eigenvalue weighted by Gasteiger charge is -2.15. The zero-order chi connectivity index (χ0) is 20.5. The predicted molar refractivity (Wildman–Crippen MR) is 113 cm³/mol. The highest BCUT2D eigenvalue weighted by Crippen LogP contribution is 2.21. The van der Waals surface area contributed by atoms with E-state index in [-0.39, 0.29) is 23.9 Å². The van der Waals surface area contributed by atoms with Crippen LogP contribution in [0.1, 0.15) is 39.9 Å². The summed E-state index contributed by atoms with van der Waals surface area (Å²) in [6.07, 6.45) is 1.43. The lowest BCUT2D eigenvalue weighted by molar-refractivity contribution is -0.117. The average molecular weight is 389 g/mol. The number of H-pyrrole nitrogens is 1. The van der Waals surface area contributed by atoms with E-state index in [1.807, 2.05) is 32.0 Å². The number of aromatic nitrogens is 1. The Balaban J connectivity index is 1.48. The van der Waals surface area contributed by atoms with E-state index in [1.165, 1.54) is 0 Å². The third kappa shape index (κ3) is 3.78. The zero-order valence-corrected chi connectivity index (χ0v) is 16.5. The molecule has 0 spiro atoms. The minimum Gasteiger partial charge on any atom is -0.348 e. The van der Waals surface area contributed by atoms with Gasteiger partial charge >= 0.3 is 0 Å². The summed E-state index contributed by atoms with van der Waals surface area (Å²) in [5, 5.41) is 3.75. The number of carbonyl (C=O) groups excluding carboxylic acids is 2. The van der Waals surface area contributed by atoms with Gasteiger partial charge in [-0.05, 0) is 79.2 Å². The molecule has 0 aliphatic carbocycles. The van der Waals surface area contributed by atoms with Crippen molar-refractivity contribution in [2.24, 2.45) is 0 Å². The fourth-order valence-electron chi connectivity index (χ4n) is 3.64. The van der Waals surface area contributed by atoms with E-state index in [9.17, 15) is 14.4 Å². The smallest absolute Gasteiger partial charge is 0.253 e. The summed E-state index contributed by atoms with van der Waals surface area (Å²) in [7, 11) is 0. The summed E-state index contributed by atoms with van der Waals surface area (Å²) in [5.74, 6) is -0.146. The molecule has 1 aliphatic rings. The largest absolute Gasteiger partial charge is 0.348 e. The SMILES string of the molecule is Cc1cc2cc(CNC(=O)c3ccc(N4CCCC4=O)cc3)c(=O)[nH]c2cc1C. The Hall–Kier alpha value is -3.41. The Labute approximate surface area is 168 Å². The molecule has 1 aromatic heterocycles. The summed E-state index contributed by atoms with van der Waals surface area (Å²) >= 11 is 0. The zero-order valence-electron chi connectivity index (χ0n) is 16.5. The van der Waals surface area contributed by atoms with Crippen molar-refractivity contribution in [2.45, 2.75) is 33.2 Å². The van der Waals surface area contributed by atoms with Crippen LogP contribution in [0.2, 0.25) is 0 Å². The molecule has 2 amide bonds. The van der Waals surface area contributed by atoms with Crippen LogP contribution in [0.4, 0.5) is 5.69 Å². The van der Waals surface area contributed by atoms with Gasteiger partial charge < -0.3 is 15.2 Å². The van der Waals surface area contributed by atoms with E-state index in [1.54, 1.807) is 29.2 Å². The van der Waals surface area contributed by atoms with Crippen LogP contribution >= 0.6 is 0 Å². The van der Waals surface area contributed by atoms with Crippen LogP contribution in [-0.4, -0.2) is 23.3 Å². The van der Waals surface area contributed by atoms with E-state index in [2.05, 4.69) is 10.3 Å². The van der Waals surface area contributed by atoms with Gasteiger partial charge in [0.1, 0.15) is 0 Å². The highest BCUT2D eigenvalue weighted by Gasteiger charge is 2.21. The lowest BCUT2D eigenvalue weighted by atomic mass is 10.0. The number of amides is 2. The van der Waals surface area contributed by atoms with Gasteiger partial charge in [-0.1, -0.05) is 0 Å². The molecule has 1 aliphatic heterocycles. The molecule has 0 radical (unpaired) electrons. The molecule has 6 heteroatoms. The first kappa shape index (κ1) is 18.9. The number of hydrogen-bond acceptors (Lipinski definition) is 3. The molecule has 29 heavy (non-hydrogen) atoms. The predicted octanol–water partition coefficient (Wildman–Crippen LogP) is 3.20. The fraction of sp³-hybridized carbons (Fsp3) is 0.261. The molecular weight excluding hydrogens is 366 g/mol. The average Bonchev–Trinajstić information content (AvgIpc) is 3.13. The minimum atomic E-state index is -0.260. The second-order valence-electron chi connectivity index (χ2n) is 7.53. The Bertz CT molecular complexity index is 1160. The van der Waals surface area contributed by atoms with Crippen molar-refractivity contribution in [3.63, 3.8) is 0 Å². The molecule has 0 saturated carbocycles. The maximum atomic E-state index is 12.5. The standard InChI is InChI=1S/C23H23N3O3/c1-14-10-17-12-18(23(29)25-20(17)11-15(14)2)13-24-22(28)16-5-7-19(8-6-16)26-9-3-4-21(26)27/h5-8,10-12H,3-4,9,13H2,1-2H3,(H,24,28)(H,25,29). The van der Waals surface area contributed by atoms with Gasteiger partial charge in [-0.25, -0.2) is 0 Å². The molecule has 6 nitrogen and oxygen atoms in total. The molecule has 0 bridgehead atoms. The van der Waals surface area contributed by atoms with Gasteiger partial charge in [-0.15, -0.1) is 0 Å². The van der Waals surface area contributed by atoms with Gasteiger partial charge in [0.25, 0.3) is 11.5 Å². The first-order valence-electron chi connectivity index (χ1n) is 9.74. The van der Waals surface area contributed by atoms with Crippen molar-refractivity contribution >= 4 is 28.4 Å². The van der Waals surface area contributed by atoms with Crippen molar-refractivity contribution < 1.29 is 9.59 Å². The first-order chi connectivity index (χ1) is 13.9. The van der Waals surface area contributed by atoms with E-state index in [4.69, 9.17) is 0 Å². The number of aryl methyl sites for hydroxylation is 2. The van der Waals surface area contributed by atoms with E-state index in [0.29, 0.717) is 24.1 Å². The number of benzene rings is 2. The van der Waals surface area contributed by atoms with E-state index >= 15 is 0 Å². The number of nitrogens with one attached hydrogen (secondary N) is 2. The molecule has 0 unspecified atom stereocenters. The second-order valence-corrected chi connectivity index (χ2v) is 7.53. The number of pyridine rings is 1. The molecule has 2 N–H and O–H groups in total. The van der Waals surface area contributed by atoms with E-state index < -0.39 is 0 Å². The summed E-state index contributed by atoms with van der Waals surface area (Å²) in [4.78, 5) is 41.3. The number of carbonyl (C=O) groups is 2. The number of nitrogens with zero attached hydrogens (tertiary/aromatic N) is 1. The lowest BCUT2D eigenvalue weighted by Crippen LogP contribution is -2.27. The molecule has 4 rings (SSSR count). The van der Waals surface area contributed by atoms with E-state index in [0.717, 1.165) is 34.1 Å². The van der Waals surface area contributed by atoms with Gasteiger partial charge in [-0.2, -0.15) is 0 Å². The van der Waals surface area contributed by atoms with Crippen molar-refractivity contribution in [3.8, 4) is 0 Å². The van der Waals surface area contributed by atoms with Crippen molar-refractivity contribution in [3.05, 3.63) is 75.1 Å². The Morgan fingerprint density at radius 1 is 1.07 bits per heavy atom. The number of anilines is 1. The molecule has 0 atom stereocenters. The highest BCUT2D eigenvalue weighted by atomic mass is 16.2. The van der Waals surface area contributed by atoms with Gasteiger partial charge in [0.15, 0.2) is 0 Å². The first-order valence-corrected chi connectivity index (χ1v) is 9.74. The summed E-state index contributed by atoms with van der Waals surface area (Å²) in [5.41, 5.74) is 4.66. The van der Waals surface area contributed by atoms with Crippen LogP contribution in [0.5, 0.6) is 0 Å². The molecule has 1 saturated heterocycles. The fourth-order valence-corrected chi connectivity index (χ4v) is 3.64. The third-order valence-corrected chi connectivity index (χ3v) is 5.49. The molecule has 3 aromatic rings. The normalized spacial score (nSPS) is 13.9. The number of rotatable bonds is 4. The summed E-state index contributed by atoms with van der Waals surface area (Å²) in [6.45, 7) is 4.89. The number of fused-ring (bicyclic) bond motifs is 1. The highest BCUT2D eigenvalue weighted by molar-refractivity contribution is 5.97. The Kier molecular flexibility index (Phi) is 4.92. The molecule has 2 aromatic carbocycles. The van der Waals surface area contributed by atoms with Crippen LogP contribution in [0.25, 0.3) is 10.9 Å². The Morgan fingerprint density at radius 3 is 2.48 bits per heavy atom. The van der Waals surface area contributed by atoms with Gasteiger partial charge in [0.2, 0.25) is 5.91 Å². The summed E-state index contributed by atoms with van der Waals surface area (Å²) < 4.78 is 0. The number of aromatic amines is 1. The van der Waals surface area contributed by atoms with Gasteiger partial charge in [-0.3, -0.25) is 14.4 Å². The van der Waals surface area contributed by atoms with Crippen LogP contribution < -0.4 is 15.8 Å². The van der Waals surface area contributed by atoms with Crippen LogP contribution in [0.15, 0.2) is 47.3 Å². The monoisotopic (exact) mass is 389 g/mol. The molecule has 2 heterocycles. The topological polar surface area (TPSA) is 82.3 Å². The van der Waals surface area contributed by atoms with Crippen molar-refractivity contribution in [2.75, 3.05) is 11.4 Å². The van der Waals surface area contributed by atoms with Crippen LogP contribution in [0, 0.1) is 13.8 Å². The van der Waals surface area contributed by atoms with Crippen LogP contribution in [0.3, 0.4) is 0 Å². The summed E-state index contributed by atoms with van der Waals surface area (Å²) in [6, 6.07) is 12.8. The third-order valence-electron chi connectivity index (χ3n) is 5.49. The van der Waals surface area contributed by atoms with Crippen molar-refractivity contribution in [1.82, 2.24) is 10.3 Å². The minimum absolute atomic E-state index is 0.114. The van der Waals surface area contributed by atoms with Crippen molar-refractivity contribution in [1.29, 1.82) is 0 Å². The van der Waals surface area contributed by atoms with Gasteiger partial charge in [0.05, 0.1) is 0 Å².